The second-order valence-electron chi connectivity index (χ2n) is 9.32. The van der Waals surface area contributed by atoms with Crippen LogP contribution in [0.25, 0.3) is 10.8 Å². The molecule has 38 heavy (non-hydrogen) atoms. The van der Waals surface area contributed by atoms with Crippen LogP contribution in [0.4, 0.5) is 5.69 Å². The molecule has 0 saturated carbocycles. The third kappa shape index (κ3) is 5.20. The van der Waals surface area contributed by atoms with Crippen molar-refractivity contribution < 1.29 is 14.4 Å². The van der Waals surface area contributed by atoms with Gasteiger partial charge in [0.05, 0.1) is 5.69 Å². The zero-order valence-electron chi connectivity index (χ0n) is 21.1. The quantitative estimate of drug-likeness (QED) is 0.296. The van der Waals surface area contributed by atoms with Crippen molar-refractivity contribution in [2.45, 2.75) is 25.9 Å². The Morgan fingerprint density at radius 3 is 2.37 bits per heavy atom. The van der Waals surface area contributed by atoms with E-state index in [2.05, 4.69) is 21.2 Å². The van der Waals surface area contributed by atoms with Gasteiger partial charge in [-0.1, -0.05) is 82.7 Å². The Balaban J connectivity index is 1.51. The number of rotatable bonds is 9. The summed E-state index contributed by atoms with van der Waals surface area (Å²) >= 11 is 3.51. The Labute approximate surface area is 230 Å². The van der Waals surface area contributed by atoms with Crippen LogP contribution in [0.1, 0.15) is 28.4 Å². The lowest BCUT2D eigenvalue weighted by molar-refractivity contribution is -0.140. The molecule has 0 unspecified atom stereocenters. The van der Waals surface area contributed by atoms with Crippen LogP contribution in [-0.2, 0) is 22.6 Å². The normalized spacial score (nSPS) is 13.0. The van der Waals surface area contributed by atoms with Crippen molar-refractivity contribution >= 4 is 50.1 Å². The molecule has 1 heterocycles. The molecule has 0 saturated heterocycles. The van der Waals surface area contributed by atoms with Gasteiger partial charge < -0.3 is 10.2 Å². The standard InChI is InChI=1S/C31H28BrN3O3/c1-2-33-30(37)27(18-21-9-4-3-5-10-21)34(19-22-11-6-14-24(32)17-22)28(36)20-35-26-16-8-13-23-12-7-15-25(29(23)26)31(35)38/h3-17,27H,2,18-20H2,1H3,(H,33,37)/t27-/m0/s1. The molecule has 5 rings (SSSR count). The summed E-state index contributed by atoms with van der Waals surface area (Å²) in [5.74, 6) is -0.724. The molecule has 6 nitrogen and oxygen atoms in total. The van der Waals surface area contributed by atoms with Gasteiger partial charge in [-0.25, -0.2) is 0 Å². The van der Waals surface area contributed by atoms with Gasteiger partial charge in [-0.15, -0.1) is 0 Å². The van der Waals surface area contributed by atoms with Gasteiger partial charge in [0.15, 0.2) is 0 Å². The molecule has 0 radical (unpaired) electrons. The van der Waals surface area contributed by atoms with Gasteiger partial charge in [-0.05, 0) is 47.7 Å². The number of carbonyl (C=O) groups excluding carboxylic acids is 3. The number of hydrogen-bond acceptors (Lipinski definition) is 3. The second-order valence-corrected chi connectivity index (χ2v) is 10.2. The largest absolute Gasteiger partial charge is 0.355 e. The molecule has 0 aliphatic carbocycles. The molecule has 7 heteroatoms. The first kappa shape index (κ1) is 25.7. The van der Waals surface area contributed by atoms with E-state index >= 15 is 0 Å². The number of carbonyl (C=O) groups is 3. The first-order valence-electron chi connectivity index (χ1n) is 12.7. The summed E-state index contributed by atoms with van der Waals surface area (Å²) in [5, 5.41) is 4.72. The molecule has 4 aromatic carbocycles. The number of nitrogens with one attached hydrogen (secondary N) is 1. The van der Waals surface area contributed by atoms with Crippen LogP contribution in [0, 0.1) is 0 Å². The molecule has 0 spiro atoms. The minimum Gasteiger partial charge on any atom is -0.355 e. The summed E-state index contributed by atoms with van der Waals surface area (Å²) in [6.45, 7) is 2.38. The zero-order valence-corrected chi connectivity index (χ0v) is 22.6. The lowest BCUT2D eigenvalue weighted by atomic mass is 10.0. The van der Waals surface area contributed by atoms with Gasteiger partial charge >= 0.3 is 0 Å². The molecular formula is C31H28BrN3O3. The highest BCUT2D eigenvalue weighted by Gasteiger charge is 2.35. The van der Waals surface area contributed by atoms with Crippen molar-refractivity contribution in [3.63, 3.8) is 0 Å². The summed E-state index contributed by atoms with van der Waals surface area (Å²) < 4.78 is 0.886. The highest BCUT2D eigenvalue weighted by molar-refractivity contribution is 9.10. The van der Waals surface area contributed by atoms with E-state index in [1.807, 2.05) is 91.9 Å². The van der Waals surface area contributed by atoms with E-state index < -0.39 is 6.04 Å². The molecule has 0 aromatic heterocycles. The first-order chi connectivity index (χ1) is 18.5. The average molecular weight is 570 g/mol. The van der Waals surface area contributed by atoms with Gasteiger partial charge in [-0.2, -0.15) is 0 Å². The third-order valence-corrected chi connectivity index (χ3v) is 7.30. The van der Waals surface area contributed by atoms with Crippen LogP contribution in [0.15, 0.2) is 95.5 Å². The minimum atomic E-state index is -0.750. The maximum Gasteiger partial charge on any atom is 0.259 e. The van der Waals surface area contributed by atoms with Crippen molar-refractivity contribution in [3.8, 4) is 0 Å². The van der Waals surface area contributed by atoms with E-state index in [0.29, 0.717) is 18.5 Å². The van der Waals surface area contributed by atoms with Gasteiger partial charge in [0.2, 0.25) is 11.8 Å². The summed E-state index contributed by atoms with van der Waals surface area (Å²) in [4.78, 5) is 44.0. The number of nitrogens with zero attached hydrogens (tertiary/aromatic N) is 2. The van der Waals surface area contributed by atoms with Crippen LogP contribution < -0.4 is 10.2 Å². The zero-order chi connectivity index (χ0) is 26.6. The number of amides is 3. The van der Waals surface area contributed by atoms with Gasteiger partial charge in [0.1, 0.15) is 12.6 Å². The van der Waals surface area contributed by atoms with Crippen molar-refractivity contribution in [3.05, 3.63) is 112 Å². The predicted molar refractivity (Wildman–Crippen MR) is 153 cm³/mol. The molecule has 1 atom stereocenters. The number of halogens is 1. The highest BCUT2D eigenvalue weighted by Crippen LogP contribution is 2.37. The van der Waals surface area contributed by atoms with Gasteiger partial charge in [0, 0.05) is 34.9 Å². The molecule has 1 aliphatic rings. The fourth-order valence-electron chi connectivity index (χ4n) is 5.04. The molecule has 1 aliphatic heterocycles. The van der Waals surface area contributed by atoms with E-state index in [0.717, 1.165) is 32.1 Å². The van der Waals surface area contributed by atoms with Crippen LogP contribution >= 0.6 is 15.9 Å². The Bertz CT molecular complexity index is 1500. The fourth-order valence-corrected chi connectivity index (χ4v) is 5.49. The molecule has 4 aromatic rings. The number of likely N-dealkylation sites (N-methyl/N-ethyl adjacent to an activating group) is 1. The van der Waals surface area contributed by atoms with Crippen molar-refractivity contribution in [2.75, 3.05) is 18.0 Å². The first-order valence-corrected chi connectivity index (χ1v) is 13.4. The van der Waals surface area contributed by atoms with Crippen LogP contribution in [0.5, 0.6) is 0 Å². The summed E-state index contributed by atoms with van der Waals surface area (Å²) in [6.07, 6.45) is 0.357. The molecule has 0 fully saturated rings. The second kappa shape index (κ2) is 11.2. The lowest BCUT2D eigenvalue weighted by Gasteiger charge is -2.33. The molecular weight excluding hydrogens is 542 g/mol. The maximum atomic E-state index is 14.1. The van der Waals surface area contributed by atoms with Crippen molar-refractivity contribution in [1.29, 1.82) is 0 Å². The Morgan fingerprint density at radius 2 is 1.63 bits per heavy atom. The minimum absolute atomic E-state index is 0.161. The van der Waals surface area contributed by atoms with Crippen molar-refractivity contribution in [1.82, 2.24) is 10.2 Å². The number of benzene rings is 4. The fraction of sp³-hybridized carbons (Fsp3) is 0.194. The summed E-state index contributed by atoms with van der Waals surface area (Å²) in [6, 6.07) is 28.0. The third-order valence-electron chi connectivity index (χ3n) is 6.81. The van der Waals surface area contributed by atoms with Gasteiger partial charge in [-0.3, -0.25) is 19.3 Å². The molecule has 3 amide bonds. The summed E-state index contributed by atoms with van der Waals surface area (Å²) in [7, 11) is 0. The topological polar surface area (TPSA) is 69.7 Å². The molecule has 0 bridgehead atoms. The average Bonchev–Trinajstić information content (AvgIpc) is 3.19. The predicted octanol–water partition coefficient (Wildman–Crippen LogP) is 5.34. The Kier molecular flexibility index (Phi) is 7.56. The Hall–Kier alpha value is -3.97. The highest BCUT2D eigenvalue weighted by atomic mass is 79.9. The van der Waals surface area contributed by atoms with E-state index in [-0.39, 0.29) is 30.8 Å². The summed E-state index contributed by atoms with van der Waals surface area (Å²) in [5.41, 5.74) is 3.14. The van der Waals surface area contributed by atoms with E-state index in [1.165, 1.54) is 4.90 Å². The molecule has 1 N–H and O–H groups in total. The van der Waals surface area contributed by atoms with Crippen LogP contribution in [0.3, 0.4) is 0 Å². The smallest absolute Gasteiger partial charge is 0.259 e. The SMILES string of the molecule is CCNC(=O)[C@H](Cc1ccccc1)N(Cc1cccc(Br)c1)C(=O)CN1C(=O)c2cccc3cccc1c23. The monoisotopic (exact) mass is 569 g/mol. The van der Waals surface area contributed by atoms with E-state index in [9.17, 15) is 14.4 Å². The van der Waals surface area contributed by atoms with Crippen LogP contribution in [0.2, 0.25) is 0 Å². The van der Waals surface area contributed by atoms with Crippen LogP contribution in [-0.4, -0.2) is 41.8 Å². The number of anilines is 1. The Morgan fingerprint density at radius 1 is 0.921 bits per heavy atom. The van der Waals surface area contributed by atoms with E-state index in [4.69, 9.17) is 0 Å². The maximum absolute atomic E-state index is 14.1. The van der Waals surface area contributed by atoms with Gasteiger partial charge in [0.25, 0.3) is 5.91 Å². The van der Waals surface area contributed by atoms with E-state index in [1.54, 1.807) is 11.0 Å². The number of hydrogen-bond donors (Lipinski definition) is 1. The molecule has 192 valence electrons. The lowest BCUT2D eigenvalue weighted by Crippen LogP contribution is -2.53. The van der Waals surface area contributed by atoms with Crippen molar-refractivity contribution in [2.24, 2.45) is 0 Å².